The molecular weight excluding hydrogens is 541 g/mol. The standard InChI is InChI=1S/C32H40NO7P/c34-31(38-23-25-11-3-1-4-12-25)20-19-30(33-32(35)39-24-26-13-5-2-6-14-26)41(36,37)22-21-27-15-7-10-18-29(27)40-28-16-8-9-17-28/h1-7,10-15,18,28,30-31,34H,8-9,16-17,19-24H2,(H,33,35)(H,36,37). The van der Waals surface area contributed by atoms with Gasteiger partial charge in [-0.05, 0) is 61.3 Å². The van der Waals surface area contributed by atoms with Crippen LogP contribution in [0, 0.1) is 0 Å². The summed E-state index contributed by atoms with van der Waals surface area (Å²) in [6.45, 7) is 0.234. The number of aliphatic hydroxyl groups is 1. The minimum Gasteiger partial charge on any atom is -0.490 e. The third kappa shape index (κ3) is 10.3. The number of hydrogen-bond donors (Lipinski definition) is 3. The molecule has 1 aliphatic carbocycles. The highest BCUT2D eigenvalue weighted by molar-refractivity contribution is 7.58. The van der Waals surface area contributed by atoms with Gasteiger partial charge in [0.15, 0.2) is 6.29 Å². The Labute approximate surface area is 242 Å². The molecule has 3 N–H and O–H groups in total. The highest BCUT2D eigenvalue weighted by Crippen LogP contribution is 2.48. The molecule has 8 nitrogen and oxygen atoms in total. The average molecular weight is 582 g/mol. The molecule has 3 atom stereocenters. The Morgan fingerprint density at radius 2 is 1.49 bits per heavy atom. The number of carbonyl (C=O) groups excluding carboxylic acids is 1. The lowest BCUT2D eigenvalue weighted by Crippen LogP contribution is -2.36. The van der Waals surface area contributed by atoms with Crippen LogP contribution in [0.5, 0.6) is 5.75 Å². The predicted molar refractivity (Wildman–Crippen MR) is 158 cm³/mol. The van der Waals surface area contributed by atoms with Crippen LogP contribution in [0.2, 0.25) is 0 Å². The molecule has 0 heterocycles. The summed E-state index contributed by atoms with van der Waals surface area (Å²) in [5, 5.41) is 13.0. The lowest BCUT2D eigenvalue weighted by molar-refractivity contribution is -0.112. The quantitative estimate of drug-likeness (QED) is 0.141. The Morgan fingerprint density at radius 3 is 2.17 bits per heavy atom. The molecule has 1 fully saturated rings. The molecule has 3 aromatic carbocycles. The van der Waals surface area contributed by atoms with Gasteiger partial charge in [-0.3, -0.25) is 4.57 Å². The lowest BCUT2D eigenvalue weighted by atomic mass is 10.1. The van der Waals surface area contributed by atoms with Gasteiger partial charge in [-0.25, -0.2) is 4.79 Å². The number of ether oxygens (including phenoxy) is 3. The first-order valence-electron chi connectivity index (χ1n) is 14.3. The second-order valence-electron chi connectivity index (χ2n) is 10.4. The van der Waals surface area contributed by atoms with Crippen molar-refractivity contribution in [3.63, 3.8) is 0 Å². The van der Waals surface area contributed by atoms with E-state index in [1.54, 1.807) is 0 Å². The molecule has 1 saturated carbocycles. The zero-order chi connectivity index (χ0) is 28.9. The van der Waals surface area contributed by atoms with Crippen molar-refractivity contribution in [3.05, 3.63) is 102 Å². The number of rotatable bonds is 15. The fraction of sp³-hybridized carbons (Fsp3) is 0.406. The van der Waals surface area contributed by atoms with Gasteiger partial charge >= 0.3 is 6.09 Å². The smallest absolute Gasteiger partial charge is 0.408 e. The molecule has 0 aromatic heterocycles. The lowest BCUT2D eigenvalue weighted by Gasteiger charge is -2.25. The third-order valence-corrected chi connectivity index (χ3v) is 9.45. The maximum atomic E-state index is 13.7. The van der Waals surface area contributed by atoms with Crippen LogP contribution in [0.3, 0.4) is 0 Å². The number of aryl methyl sites for hydroxylation is 1. The number of hydrogen-bond acceptors (Lipinski definition) is 6. The number of nitrogens with one attached hydrogen (secondary N) is 1. The van der Waals surface area contributed by atoms with E-state index in [9.17, 15) is 19.4 Å². The van der Waals surface area contributed by atoms with E-state index in [-0.39, 0.29) is 38.3 Å². The number of benzene rings is 3. The second kappa shape index (κ2) is 15.7. The highest BCUT2D eigenvalue weighted by atomic mass is 31.2. The molecule has 9 heteroatoms. The monoisotopic (exact) mass is 581 g/mol. The summed E-state index contributed by atoms with van der Waals surface area (Å²) in [4.78, 5) is 23.9. The van der Waals surface area contributed by atoms with Crippen molar-refractivity contribution in [2.75, 3.05) is 6.16 Å². The maximum Gasteiger partial charge on any atom is 0.408 e. The first-order valence-corrected chi connectivity index (χ1v) is 16.2. The van der Waals surface area contributed by atoms with Crippen LogP contribution in [0.15, 0.2) is 84.9 Å². The minimum absolute atomic E-state index is 0.0316. The van der Waals surface area contributed by atoms with Crippen molar-refractivity contribution in [1.82, 2.24) is 5.32 Å². The van der Waals surface area contributed by atoms with Crippen LogP contribution in [0.4, 0.5) is 4.79 Å². The van der Waals surface area contributed by atoms with Gasteiger partial charge in [0.2, 0.25) is 7.37 Å². The molecule has 1 aliphatic rings. The van der Waals surface area contributed by atoms with Crippen LogP contribution >= 0.6 is 7.37 Å². The van der Waals surface area contributed by atoms with Gasteiger partial charge in [-0.15, -0.1) is 0 Å². The fourth-order valence-corrected chi connectivity index (χ4v) is 6.61. The summed E-state index contributed by atoms with van der Waals surface area (Å²) in [5.74, 6) is -0.389. The molecule has 0 aliphatic heterocycles. The second-order valence-corrected chi connectivity index (χ2v) is 13.0. The van der Waals surface area contributed by atoms with E-state index < -0.39 is 25.5 Å². The van der Waals surface area contributed by atoms with Crippen molar-refractivity contribution in [1.29, 1.82) is 0 Å². The molecule has 0 bridgehead atoms. The summed E-state index contributed by atoms with van der Waals surface area (Å²) in [7, 11) is -3.94. The van der Waals surface area contributed by atoms with E-state index in [1.807, 2.05) is 84.9 Å². The number of aliphatic hydroxyl groups excluding tert-OH is 1. The van der Waals surface area contributed by atoms with E-state index in [0.717, 1.165) is 48.1 Å². The van der Waals surface area contributed by atoms with Crippen LogP contribution < -0.4 is 10.1 Å². The largest absolute Gasteiger partial charge is 0.490 e. The van der Waals surface area contributed by atoms with Crippen LogP contribution in [-0.4, -0.2) is 40.4 Å². The van der Waals surface area contributed by atoms with E-state index >= 15 is 0 Å². The van der Waals surface area contributed by atoms with Gasteiger partial charge in [-0.1, -0.05) is 78.9 Å². The van der Waals surface area contributed by atoms with Crippen molar-refractivity contribution < 1.29 is 33.6 Å². The van der Waals surface area contributed by atoms with E-state index in [2.05, 4.69) is 5.32 Å². The van der Waals surface area contributed by atoms with Gasteiger partial charge in [0.25, 0.3) is 0 Å². The molecule has 0 saturated heterocycles. The molecule has 41 heavy (non-hydrogen) atoms. The number of carbonyl (C=O) groups is 1. The molecule has 3 aromatic rings. The molecule has 220 valence electrons. The molecular formula is C32H40NO7P. The van der Waals surface area contributed by atoms with E-state index in [0.29, 0.717) is 6.42 Å². The molecule has 4 rings (SSSR count). The van der Waals surface area contributed by atoms with Gasteiger partial charge in [0, 0.05) is 12.6 Å². The molecule has 0 spiro atoms. The zero-order valence-corrected chi connectivity index (χ0v) is 24.2. The SMILES string of the molecule is O=C(NC(CCC(O)OCc1ccccc1)P(=O)(O)CCc1ccccc1OC1CCCC1)OCc1ccccc1. The Hall–Kier alpha value is -3.16. The molecule has 1 amide bonds. The topological polar surface area (TPSA) is 114 Å². The van der Waals surface area contributed by atoms with Gasteiger partial charge < -0.3 is 29.5 Å². The number of alkyl carbamates (subject to hydrolysis) is 1. The third-order valence-electron chi connectivity index (χ3n) is 7.23. The number of amides is 1. The average Bonchev–Trinajstić information content (AvgIpc) is 3.51. The first-order chi connectivity index (χ1) is 19.9. The summed E-state index contributed by atoms with van der Waals surface area (Å²) in [6, 6.07) is 26.2. The Balaban J connectivity index is 1.38. The van der Waals surface area contributed by atoms with Crippen molar-refractivity contribution in [2.45, 2.75) is 76.3 Å². The summed E-state index contributed by atoms with van der Waals surface area (Å²) in [6.07, 6.45) is 2.86. The van der Waals surface area contributed by atoms with Crippen molar-refractivity contribution in [3.8, 4) is 5.75 Å². The Morgan fingerprint density at radius 1 is 0.878 bits per heavy atom. The molecule has 3 unspecified atom stereocenters. The van der Waals surface area contributed by atoms with Gasteiger partial charge in [-0.2, -0.15) is 0 Å². The fourth-order valence-electron chi connectivity index (χ4n) is 4.87. The van der Waals surface area contributed by atoms with Crippen molar-refractivity contribution in [2.24, 2.45) is 0 Å². The summed E-state index contributed by atoms with van der Waals surface area (Å²) >= 11 is 0. The van der Waals surface area contributed by atoms with Crippen LogP contribution in [-0.2, 0) is 33.7 Å². The normalized spacial score (nSPS) is 16.4. The molecule has 0 radical (unpaired) electrons. The predicted octanol–water partition coefficient (Wildman–Crippen LogP) is 6.39. The maximum absolute atomic E-state index is 13.7. The van der Waals surface area contributed by atoms with Gasteiger partial charge in [0.05, 0.1) is 12.7 Å². The van der Waals surface area contributed by atoms with Gasteiger partial charge in [0.1, 0.15) is 18.1 Å². The highest BCUT2D eigenvalue weighted by Gasteiger charge is 2.33. The van der Waals surface area contributed by atoms with E-state index in [4.69, 9.17) is 14.2 Å². The first kappa shape index (κ1) is 30.8. The van der Waals surface area contributed by atoms with Crippen LogP contribution in [0.1, 0.15) is 55.2 Å². The summed E-state index contributed by atoms with van der Waals surface area (Å²) < 4.78 is 30.7. The van der Waals surface area contributed by atoms with Crippen molar-refractivity contribution >= 4 is 13.5 Å². The van der Waals surface area contributed by atoms with Crippen LogP contribution in [0.25, 0.3) is 0 Å². The summed E-state index contributed by atoms with van der Waals surface area (Å²) in [5.41, 5.74) is 2.55. The zero-order valence-electron chi connectivity index (χ0n) is 23.3. The number of para-hydroxylation sites is 1. The van der Waals surface area contributed by atoms with E-state index in [1.165, 1.54) is 0 Å². The Kier molecular flexibility index (Phi) is 11.8. The minimum atomic E-state index is -3.94. The Bertz CT molecular complexity index is 1250.